The third kappa shape index (κ3) is 3.18. The van der Waals surface area contributed by atoms with Gasteiger partial charge in [0.1, 0.15) is 5.82 Å². The van der Waals surface area contributed by atoms with E-state index in [1.165, 1.54) is 5.56 Å². The lowest BCUT2D eigenvalue weighted by Crippen LogP contribution is -2.29. The summed E-state index contributed by atoms with van der Waals surface area (Å²) in [5, 5.41) is 6.41. The van der Waals surface area contributed by atoms with Gasteiger partial charge < -0.3 is 5.32 Å². The molecule has 0 spiro atoms. The third-order valence-electron chi connectivity index (χ3n) is 5.81. The van der Waals surface area contributed by atoms with Crippen molar-refractivity contribution < 1.29 is 0 Å². The summed E-state index contributed by atoms with van der Waals surface area (Å²) in [6, 6.07) is 20.5. The molecular weight excluding hydrogens is 402 g/mol. The Balaban J connectivity index is 1.66. The average Bonchev–Trinajstić information content (AvgIpc) is 2.79. The maximum atomic E-state index is 6.52. The zero-order valence-corrected chi connectivity index (χ0v) is 18.1. The molecule has 1 N–H and O–H groups in total. The SMILES string of the molecule is C=C1Nc2cc(-c3ccccc3Cl)c(CC)cc2C(=C)N1c1cncc2ccccc12. The van der Waals surface area contributed by atoms with E-state index in [9.17, 15) is 0 Å². The van der Waals surface area contributed by atoms with Crippen molar-refractivity contribution in [3.63, 3.8) is 0 Å². The Bertz CT molecular complexity index is 1350. The van der Waals surface area contributed by atoms with Crippen molar-refractivity contribution in [1.82, 2.24) is 4.98 Å². The van der Waals surface area contributed by atoms with E-state index in [2.05, 4.69) is 60.7 Å². The number of anilines is 2. The molecular formula is C27H22ClN3. The van der Waals surface area contributed by atoms with E-state index in [0.717, 1.165) is 61.8 Å². The van der Waals surface area contributed by atoms with E-state index in [1.807, 2.05) is 47.6 Å². The molecule has 152 valence electrons. The van der Waals surface area contributed by atoms with E-state index >= 15 is 0 Å². The zero-order valence-electron chi connectivity index (χ0n) is 17.3. The number of nitrogens with zero attached hydrogens (tertiary/aromatic N) is 2. The molecule has 0 bridgehead atoms. The van der Waals surface area contributed by atoms with Gasteiger partial charge in [-0.1, -0.05) is 74.1 Å². The molecule has 0 unspecified atom stereocenters. The van der Waals surface area contributed by atoms with E-state index in [1.54, 1.807) is 0 Å². The largest absolute Gasteiger partial charge is 0.341 e. The first-order valence-corrected chi connectivity index (χ1v) is 10.7. The summed E-state index contributed by atoms with van der Waals surface area (Å²) in [7, 11) is 0. The van der Waals surface area contributed by atoms with Gasteiger partial charge in [0.15, 0.2) is 0 Å². The topological polar surface area (TPSA) is 28.2 Å². The predicted molar refractivity (Wildman–Crippen MR) is 132 cm³/mol. The van der Waals surface area contributed by atoms with Gasteiger partial charge in [0.2, 0.25) is 0 Å². The maximum Gasteiger partial charge on any atom is 0.108 e. The van der Waals surface area contributed by atoms with Crippen LogP contribution < -0.4 is 10.2 Å². The number of rotatable bonds is 3. The van der Waals surface area contributed by atoms with E-state index in [0.29, 0.717) is 0 Å². The number of hydrogen-bond acceptors (Lipinski definition) is 3. The molecule has 0 atom stereocenters. The molecule has 1 aliphatic rings. The van der Waals surface area contributed by atoms with Crippen molar-refractivity contribution in [1.29, 1.82) is 0 Å². The molecule has 2 heterocycles. The Kier molecular flexibility index (Phi) is 4.76. The Morgan fingerprint density at radius 1 is 0.935 bits per heavy atom. The minimum absolute atomic E-state index is 0.741. The molecule has 0 saturated carbocycles. The van der Waals surface area contributed by atoms with Crippen LogP contribution in [-0.4, -0.2) is 4.98 Å². The minimum atomic E-state index is 0.741. The summed E-state index contributed by atoms with van der Waals surface area (Å²) in [5.41, 5.74) is 7.23. The molecule has 0 saturated heterocycles. The van der Waals surface area contributed by atoms with Crippen molar-refractivity contribution in [2.75, 3.05) is 10.2 Å². The molecule has 1 aliphatic heterocycles. The molecule has 31 heavy (non-hydrogen) atoms. The smallest absolute Gasteiger partial charge is 0.108 e. The lowest BCUT2D eigenvalue weighted by atomic mass is 9.92. The first kappa shape index (κ1) is 19.4. The number of aromatic nitrogens is 1. The van der Waals surface area contributed by atoms with Crippen LogP contribution in [0, 0.1) is 0 Å². The van der Waals surface area contributed by atoms with Crippen molar-refractivity contribution in [2.45, 2.75) is 13.3 Å². The number of fused-ring (bicyclic) bond motifs is 2. The maximum absolute atomic E-state index is 6.52. The Labute approximate surface area is 187 Å². The highest BCUT2D eigenvalue weighted by atomic mass is 35.5. The Morgan fingerprint density at radius 2 is 1.71 bits per heavy atom. The van der Waals surface area contributed by atoms with Crippen molar-refractivity contribution >= 4 is 39.4 Å². The molecule has 0 amide bonds. The molecule has 0 aliphatic carbocycles. The molecule has 3 aromatic carbocycles. The highest BCUT2D eigenvalue weighted by Gasteiger charge is 2.27. The number of halogens is 1. The standard InChI is InChI=1S/C27H22ClN3/c1-4-19-13-23-17(2)31(27-16-29-15-20-9-5-6-10-21(20)27)18(3)30-26(23)14-24(19)22-11-7-8-12-25(22)28/h5-16,30H,2-4H2,1H3. The lowest BCUT2D eigenvalue weighted by molar-refractivity contribution is 1.11. The first-order valence-electron chi connectivity index (χ1n) is 10.3. The second kappa shape index (κ2) is 7.60. The minimum Gasteiger partial charge on any atom is -0.341 e. The summed E-state index contributed by atoms with van der Waals surface area (Å²) in [5.74, 6) is 0.741. The zero-order chi connectivity index (χ0) is 21.5. The molecule has 5 rings (SSSR count). The predicted octanol–water partition coefficient (Wildman–Crippen LogP) is 7.49. The summed E-state index contributed by atoms with van der Waals surface area (Å²) in [6.07, 6.45) is 4.63. The van der Waals surface area contributed by atoms with Gasteiger partial charge in [-0.15, -0.1) is 0 Å². The number of benzene rings is 3. The molecule has 0 radical (unpaired) electrons. The molecule has 4 heteroatoms. The van der Waals surface area contributed by atoms with Crippen LogP contribution in [0.2, 0.25) is 5.02 Å². The van der Waals surface area contributed by atoms with Crippen molar-refractivity contribution in [3.05, 3.63) is 108 Å². The fraction of sp³-hybridized carbons (Fsp3) is 0.0741. The normalized spacial score (nSPS) is 13.3. The summed E-state index contributed by atoms with van der Waals surface area (Å²) >= 11 is 6.52. The Hall–Kier alpha value is -3.56. The number of aryl methyl sites for hydroxylation is 1. The fourth-order valence-electron chi connectivity index (χ4n) is 4.27. The van der Waals surface area contributed by atoms with Crippen LogP contribution in [0.3, 0.4) is 0 Å². The van der Waals surface area contributed by atoms with Crippen LogP contribution in [-0.2, 0) is 6.42 Å². The van der Waals surface area contributed by atoms with Crippen LogP contribution >= 0.6 is 11.6 Å². The average molecular weight is 424 g/mol. The quantitative estimate of drug-likeness (QED) is 0.370. The number of nitrogens with one attached hydrogen (secondary N) is 1. The summed E-state index contributed by atoms with van der Waals surface area (Å²) in [6.45, 7) is 10.9. The van der Waals surface area contributed by atoms with Crippen molar-refractivity contribution in [3.8, 4) is 11.1 Å². The number of pyridine rings is 1. The van der Waals surface area contributed by atoms with Crippen LogP contribution in [0.5, 0.6) is 0 Å². The third-order valence-corrected chi connectivity index (χ3v) is 6.14. The van der Waals surface area contributed by atoms with Crippen LogP contribution in [0.25, 0.3) is 27.6 Å². The Morgan fingerprint density at radius 3 is 2.52 bits per heavy atom. The molecule has 0 fully saturated rings. The van der Waals surface area contributed by atoms with Crippen LogP contribution in [0.15, 0.2) is 92.0 Å². The summed E-state index contributed by atoms with van der Waals surface area (Å²) in [4.78, 5) is 6.49. The van der Waals surface area contributed by atoms with Gasteiger partial charge in [-0.3, -0.25) is 9.88 Å². The van der Waals surface area contributed by atoms with E-state index in [4.69, 9.17) is 11.6 Å². The fourth-order valence-corrected chi connectivity index (χ4v) is 4.51. The first-order chi connectivity index (χ1) is 15.1. The van der Waals surface area contributed by atoms with Gasteiger partial charge in [0.05, 0.1) is 11.9 Å². The highest BCUT2D eigenvalue weighted by Crippen LogP contribution is 2.43. The van der Waals surface area contributed by atoms with Crippen LogP contribution in [0.4, 0.5) is 11.4 Å². The number of hydrogen-bond donors (Lipinski definition) is 1. The molecule has 4 aromatic rings. The second-order valence-electron chi connectivity index (χ2n) is 7.62. The van der Waals surface area contributed by atoms with E-state index in [-0.39, 0.29) is 0 Å². The monoisotopic (exact) mass is 423 g/mol. The van der Waals surface area contributed by atoms with Gasteiger partial charge in [0.25, 0.3) is 0 Å². The van der Waals surface area contributed by atoms with Gasteiger partial charge in [-0.05, 0) is 35.7 Å². The van der Waals surface area contributed by atoms with Gasteiger partial charge >= 0.3 is 0 Å². The summed E-state index contributed by atoms with van der Waals surface area (Å²) < 4.78 is 0. The van der Waals surface area contributed by atoms with E-state index < -0.39 is 0 Å². The molecule has 3 nitrogen and oxygen atoms in total. The van der Waals surface area contributed by atoms with Crippen molar-refractivity contribution in [2.24, 2.45) is 0 Å². The van der Waals surface area contributed by atoms with Gasteiger partial charge in [-0.2, -0.15) is 0 Å². The van der Waals surface area contributed by atoms with Gasteiger partial charge in [0, 0.05) is 44.5 Å². The molecule has 1 aromatic heterocycles. The van der Waals surface area contributed by atoms with Gasteiger partial charge in [-0.25, -0.2) is 0 Å². The highest BCUT2D eigenvalue weighted by molar-refractivity contribution is 6.33. The lowest BCUT2D eigenvalue weighted by Gasteiger charge is -2.36. The van der Waals surface area contributed by atoms with Crippen LogP contribution in [0.1, 0.15) is 18.1 Å². The second-order valence-corrected chi connectivity index (χ2v) is 8.03.